The largest absolute Gasteiger partial charge is 0.384 e. The fraction of sp³-hybridized carbons (Fsp3) is 0.778. The second kappa shape index (κ2) is 7.04. The summed E-state index contributed by atoms with van der Waals surface area (Å²) in [7, 11) is 1.71. The molecule has 1 aliphatic carbocycles. The summed E-state index contributed by atoms with van der Waals surface area (Å²) in [5.41, 5.74) is -0.227. The molecule has 2 fully saturated rings. The number of carbonyl (C=O) groups excluding carboxylic acids is 1. The molecule has 0 radical (unpaired) electrons. The van der Waals surface area contributed by atoms with Crippen molar-refractivity contribution in [2.24, 2.45) is 5.41 Å². The Balaban J connectivity index is 1.66. The van der Waals surface area contributed by atoms with Gasteiger partial charge in [-0.15, -0.1) is 0 Å². The fourth-order valence-electron chi connectivity index (χ4n) is 4.10. The zero-order valence-electron chi connectivity index (χ0n) is 14.5. The first-order valence-corrected chi connectivity index (χ1v) is 8.94. The average molecular weight is 319 g/mol. The summed E-state index contributed by atoms with van der Waals surface area (Å²) >= 11 is 0. The molecule has 1 atom stereocenters. The van der Waals surface area contributed by atoms with E-state index < -0.39 is 0 Å². The number of rotatable bonds is 6. The Morgan fingerprint density at radius 2 is 2.22 bits per heavy atom. The van der Waals surface area contributed by atoms with E-state index in [9.17, 15) is 4.79 Å². The lowest BCUT2D eigenvalue weighted by molar-refractivity contribution is -0.156. The van der Waals surface area contributed by atoms with Crippen molar-refractivity contribution in [3.63, 3.8) is 0 Å². The lowest BCUT2D eigenvalue weighted by Gasteiger charge is -2.46. The zero-order valence-corrected chi connectivity index (χ0v) is 14.5. The van der Waals surface area contributed by atoms with Gasteiger partial charge in [-0.05, 0) is 45.4 Å². The SMILES string of the molecule is COCC1(C(=O)N2CCCCC2CCn2ccnc2C)CCC1. The van der Waals surface area contributed by atoms with E-state index in [0.29, 0.717) is 18.6 Å². The van der Waals surface area contributed by atoms with Crippen LogP contribution in [0.1, 0.15) is 50.8 Å². The molecule has 2 aliphatic rings. The first-order valence-electron chi connectivity index (χ1n) is 8.94. The van der Waals surface area contributed by atoms with E-state index in [2.05, 4.69) is 14.5 Å². The highest BCUT2D eigenvalue weighted by molar-refractivity contribution is 5.84. The number of hydrogen-bond acceptors (Lipinski definition) is 3. The molecule has 1 aliphatic heterocycles. The van der Waals surface area contributed by atoms with Gasteiger partial charge in [0.2, 0.25) is 5.91 Å². The molecule has 1 unspecified atom stereocenters. The van der Waals surface area contributed by atoms with Gasteiger partial charge in [0.25, 0.3) is 0 Å². The van der Waals surface area contributed by atoms with Gasteiger partial charge in [0.05, 0.1) is 12.0 Å². The van der Waals surface area contributed by atoms with Crippen molar-refractivity contribution in [2.75, 3.05) is 20.3 Å². The van der Waals surface area contributed by atoms with Crippen LogP contribution >= 0.6 is 0 Å². The van der Waals surface area contributed by atoms with Crippen LogP contribution in [0.15, 0.2) is 12.4 Å². The van der Waals surface area contributed by atoms with E-state index in [-0.39, 0.29) is 5.41 Å². The van der Waals surface area contributed by atoms with E-state index in [4.69, 9.17) is 4.74 Å². The first kappa shape index (κ1) is 16.5. The summed E-state index contributed by atoms with van der Waals surface area (Å²) < 4.78 is 7.56. The van der Waals surface area contributed by atoms with E-state index in [1.807, 2.05) is 19.3 Å². The molecule has 2 heterocycles. The molecule has 1 amide bonds. The van der Waals surface area contributed by atoms with Crippen molar-refractivity contribution in [3.05, 3.63) is 18.2 Å². The number of amides is 1. The number of hydrogen-bond donors (Lipinski definition) is 0. The predicted molar refractivity (Wildman–Crippen MR) is 89.1 cm³/mol. The predicted octanol–water partition coefficient (Wildman–Crippen LogP) is 2.78. The molecular weight excluding hydrogens is 290 g/mol. The molecule has 23 heavy (non-hydrogen) atoms. The van der Waals surface area contributed by atoms with Crippen molar-refractivity contribution in [2.45, 2.75) is 64.5 Å². The number of likely N-dealkylation sites (tertiary alicyclic amines) is 1. The summed E-state index contributed by atoms with van der Waals surface area (Å²) in [6.45, 7) is 4.47. The molecule has 1 saturated heterocycles. The number of aryl methyl sites for hydroxylation is 2. The smallest absolute Gasteiger partial charge is 0.231 e. The lowest BCUT2D eigenvalue weighted by Crippen LogP contribution is -2.55. The van der Waals surface area contributed by atoms with E-state index in [1.54, 1.807) is 7.11 Å². The van der Waals surface area contributed by atoms with Gasteiger partial charge in [0, 0.05) is 38.6 Å². The second-order valence-electron chi connectivity index (χ2n) is 7.17. The minimum atomic E-state index is -0.227. The van der Waals surface area contributed by atoms with E-state index in [1.165, 1.54) is 6.42 Å². The molecule has 0 spiro atoms. The highest BCUT2D eigenvalue weighted by Gasteiger charge is 2.47. The maximum atomic E-state index is 13.2. The molecule has 0 bridgehead atoms. The minimum absolute atomic E-state index is 0.227. The highest BCUT2D eigenvalue weighted by Crippen LogP contribution is 2.44. The van der Waals surface area contributed by atoms with Crippen LogP contribution in [0.25, 0.3) is 0 Å². The number of ether oxygens (including phenoxy) is 1. The molecule has 0 aromatic carbocycles. The quantitative estimate of drug-likeness (QED) is 0.810. The van der Waals surface area contributed by atoms with Crippen LogP contribution in [0.3, 0.4) is 0 Å². The molecular formula is C18H29N3O2. The van der Waals surface area contributed by atoms with Crippen LogP contribution in [0.2, 0.25) is 0 Å². The number of piperidine rings is 1. The Labute approximate surface area is 139 Å². The Kier molecular flexibility index (Phi) is 5.05. The van der Waals surface area contributed by atoms with E-state index in [0.717, 1.165) is 57.4 Å². The van der Waals surface area contributed by atoms with Crippen molar-refractivity contribution in [3.8, 4) is 0 Å². The summed E-state index contributed by atoms with van der Waals surface area (Å²) in [6.07, 6.45) is 11.5. The molecule has 128 valence electrons. The van der Waals surface area contributed by atoms with Crippen LogP contribution in [0.4, 0.5) is 0 Å². The Morgan fingerprint density at radius 3 is 2.83 bits per heavy atom. The van der Waals surface area contributed by atoms with Crippen molar-refractivity contribution >= 4 is 5.91 Å². The number of carbonyl (C=O) groups is 1. The third-order valence-corrected chi connectivity index (χ3v) is 5.70. The number of imidazole rings is 1. The molecule has 1 aromatic heterocycles. The Bertz CT molecular complexity index is 536. The number of aromatic nitrogens is 2. The average Bonchev–Trinajstić information content (AvgIpc) is 2.94. The zero-order chi connectivity index (χ0) is 16.3. The molecule has 1 saturated carbocycles. The van der Waals surface area contributed by atoms with Crippen LogP contribution in [-0.2, 0) is 16.1 Å². The van der Waals surface area contributed by atoms with Gasteiger partial charge in [0.1, 0.15) is 5.82 Å². The maximum Gasteiger partial charge on any atom is 0.231 e. The normalized spacial score (nSPS) is 23.6. The molecule has 1 aromatic rings. The standard InChI is InChI=1S/C18H29N3O2/c1-15-19-10-13-20(15)12-7-16-6-3-4-11-21(16)17(22)18(14-23-2)8-5-9-18/h10,13,16H,3-9,11-12,14H2,1-2H3. The van der Waals surface area contributed by atoms with Crippen molar-refractivity contribution in [1.29, 1.82) is 0 Å². The van der Waals surface area contributed by atoms with Gasteiger partial charge in [-0.3, -0.25) is 4.79 Å². The summed E-state index contributed by atoms with van der Waals surface area (Å²) in [5.74, 6) is 1.39. The fourth-order valence-corrected chi connectivity index (χ4v) is 4.10. The molecule has 5 nitrogen and oxygen atoms in total. The van der Waals surface area contributed by atoms with Crippen LogP contribution in [0.5, 0.6) is 0 Å². The van der Waals surface area contributed by atoms with Crippen LogP contribution in [0, 0.1) is 12.3 Å². The van der Waals surface area contributed by atoms with Gasteiger partial charge in [0.15, 0.2) is 0 Å². The minimum Gasteiger partial charge on any atom is -0.384 e. The first-order chi connectivity index (χ1) is 11.2. The summed E-state index contributed by atoms with van der Waals surface area (Å²) in [5, 5.41) is 0. The molecule has 5 heteroatoms. The van der Waals surface area contributed by atoms with Gasteiger partial charge in [-0.25, -0.2) is 4.98 Å². The monoisotopic (exact) mass is 319 g/mol. The highest BCUT2D eigenvalue weighted by atomic mass is 16.5. The second-order valence-corrected chi connectivity index (χ2v) is 7.17. The summed E-state index contributed by atoms with van der Waals surface area (Å²) in [6, 6.07) is 0.368. The molecule has 3 rings (SSSR count). The van der Waals surface area contributed by atoms with Crippen LogP contribution < -0.4 is 0 Å². The maximum absolute atomic E-state index is 13.2. The lowest BCUT2D eigenvalue weighted by atomic mass is 9.68. The molecule has 0 N–H and O–H groups in total. The van der Waals surface area contributed by atoms with E-state index >= 15 is 0 Å². The van der Waals surface area contributed by atoms with Crippen molar-refractivity contribution in [1.82, 2.24) is 14.5 Å². The number of nitrogens with zero attached hydrogens (tertiary/aromatic N) is 3. The van der Waals surface area contributed by atoms with Gasteiger partial charge < -0.3 is 14.2 Å². The van der Waals surface area contributed by atoms with Gasteiger partial charge in [-0.1, -0.05) is 6.42 Å². The Hall–Kier alpha value is -1.36. The van der Waals surface area contributed by atoms with Crippen molar-refractivity contribution < 1.29 is 9.53 Å². The van der Waals surface area contributed by atoms with Crippen LogP contribution in [-0.4, -0.2) is 46.7 Å². The Morgan fingerprint density at radius 1 is 1.39 bits per heavy atom. The summed E-state index contributed by atoms with van der Waals surface area (Å²) in [4.78, 5) is 19.6. The topological polar surface area (TPSA) is 47.4 Å². The third-order valence-electron chi connectivity index (χ3n) is 5.70. The van der Waals surface area contributed by atoms with Gasteiger partial charge in [-0.2, -0.15) is 0 Å². The third kappa shape index (κ3) is 3.30. The number of methoxy groups -OCH3 is 1. The van der Waals surface area contributed by atoms with Gasteiger partial charge >= 0.3 is 0 Å².